The second kappa shape index (κ2) is 7.08. The van der Waals surface area contributed by atoms with Crippen molar-refractivity contribution >= 4 is 0 Å². The highest BCUT2D eigenvalue weighted by molar-refractivity contribution is 5.44. The Morgan fingerprint density at radius 1 is 1.00 bits per heavy atom. The highest BCUT2D eigenvalue weighted by atomic mass is 15.2. The number of benzene rings is 2. The van der Waals surface area contributed by atoms with Gasteiger partial charge in [0.05, 0.1) is 0 Å². The summed E-state index contributed by atoms with van der Waals surface area (Å²) in [5.74, 6) is 0.483. The molecule has 3 unspecified atom stereocenters. The van der Waals surface area contributed by atoms with Crippen LogP contribution in [0.2, 0.25) is 0 Å². The minimum atomic E-state index is 0.483. The number of nitrogens with zero attached hydrogens (tertiary/aromatic N) is 1. The highest BCUT2D eigenvalue weighted by Gasteiger charge is 2.33. The number of rotatable bonds is 4. The van der Waals surface area contributed by atoms with Gasteiger partial charge in [-0.15, -0.1) is 0 Å². The van der Waals surface area contributed by atoms with Crippen molar-refractivity contribution < 1.29 is 0 Å². The Labute approximate surface area is 145 Å². The molecule has 2 aliphatic rings. The molecule has 0 spiro atoms. The van der Waals surface area contributed by atoms with E-state index >= 15 is 0 Å². The minimum absolute atomic E-state index is 0.483. The second-order valence-electron chi connectivity index (χ2n) is 7.44. The molecular weight excluding hydrogens is 292 g/mol. The van der Waals surface area contributed by atoms with E-state index in [2.05, 4.69) is 71.9 Å². The lowest BCUT2D eigenvalue weighted by Gasteiger charge is -2.34. The minimum Gasteiger partial charge on any atom is -0.311 e. The Kier molecular flexibility index (Phi) is 4.68. The zero-order chi connectivity index (χ0) is 16.4. The molecule has 4 rings (SSSR count). The summed E-state index contributed by atoms with van der Waals surface area (Å²) in [6, 6.07) is 21.2. The number of piperidine rings is 1. The van der Waals surface area contributed by atoms with E-state index in [9.17, 15) is 0 Å². The van der Waals surface area contributed by atoms with Crippen LogP contribution in [0.25, 0.3) is 0 Å². The molecule has 0 aromatic heterocycles. The zero-order valence-electron chi connectivity index (χ0n) is 14.6. The Morgan fingerprint density at radius 3 is 2.62 bits per heavy atom. The Hall–Kier alpha value is -1.64. The van der Waals surface area contributed by atoms with Crippen LogP contribution in [0.3, 0.4) is 0 Å². The van der Waals surface area contributed by atoms with Gasteiger partial charge in [-0.1, -0.05) is 61.0 Å². The average molecular weight is 320 g/mol. The van der Waals surface area contributed by atoms with Crippen molar-refractivity contribution in [3.8, 4) is 0 Å². The van der Waals surface area contributed by atoms with Crippen LogP contribution in [0.4, 0.5) is 0 Å². The lowest BCUT2D eigenvalue weighted by Crippen LogP contribution is -2.46. The molecule has 2 aromatic carbocycles. The smallest absolute Gasteiger partial charge is 0.0249 e. The van der Waals surface area contributed by atoms with Gasteiger partial charge < -0.3 is 10.2 Å². The summed E-state index contributed by atoms with van der Waals surface area (Å²) >= 11 is 0. The molecule has 2 aromatic rings. The summed E-state index contributed by atoms with van der Waals surface area (Å²) in [6.45, 7) is 2.36. The molecule has 1 N–H and O–H groups in total. The van der Waals surface area contributed by atoms with Crippen LogP contribution in [-0.4, -0.2) is 37.1 Å². The maximum atomic E-state index is 3.94. The third kappa shape index (κ3) is 3.13. The zero-order valence-corrected chi connectivity index (χ0v) is 14.6. The summed E-state index contributed by atoms with van der Waals surface area (Å²) in [5, 5.41) is 3.94. The number of nitrogens with one attached hydrogen (secondary N) is 1. The van der Waals surface area contributed by atoms with Gasteiger partial charge in [-0.3, -0.25) is 0 Å². The molecule has 0 radical (unpaired) electrons. The molecule has 1 heterocycles. The highest BCUT2D eigenvalue weighted by Crippen LogP contribution is 2.38. The fourth-order valence-electron chi connectivity index (χ4n) is 4.55. The lowest BCUT2D eigenvalue weighted by atomic mass is 9.90. The fraction of sp³-hybridized carbons (Fsp3) is 0.455. The number of hydrogen-bond donors (Lipinski definition) is 1. The van der Waals surface area contributed by atoms with E-state index < -0.39 is 0 Å². The first-order valence-corrected chi connectivity index (χ1v) is 9.39. The molecule has 0 saturated carbocycles. The molecular formula is C22H28N2. The average Bonchev–Trinajstić information content (AvgIpc) is 3.00. The number of likely N-dealkylation sites (N-methyl/N-ethyl adjacent to an activating group) is 1. The maximum Gasteiger partial charge on any atom is 0.0249 e. The van der Waals surface area contributed by atoms with Gasteiger partial charge in [0, 0.05) is 24.5 Å². The van der Waals surface area contributed by atoms with E-state index in [0.717, 1.165) is 13.0 Å². The van der Waals surface area contributed by atoms with Crippen LogP contribution in [0.1, 0.15) is 41.9 Å². The van der Waals surface area contributed by atoms with Crippen LogP contribution < -0.4 is 5.32 Å². The van der Waals surface area contributed by atoms with Gasteiger partial charge in [-0.25, -0.2) is 0 Å². The maximum absolute atomic E-state index is 3.94. The van der Waals surface area contributed by atoms with E-state index in [1.165, 1.54) is 42.5 Å². The largest absolute Gasteiger partial charge is 0.311 e. The van der Waals surface area contributed by atoms with Gasteiger partial charge in [0.2, 0.25) is 0 Å². The van der Waals surface area contributed by atoms with Crippen LogP contribution >= 0.6 is 0 Å². The summed E-state index contributed by atoms with van der Waals surface area (Å²) in [5.41, 5.74) is 4.47. The van der Waals surface area contributed by atoms with Crippen molar-refractivity contribution in [2.75, 3.05) is 20.1 Å². The molecule has 0 amide bonds. The van der Waals surface area contributed by atoms with E-state index in [0.29, 0.717) is 18.0 Å². The van der Waals surface area contributed by atoms with Crippen molar-refractivity contribution in [1.82, 2.24) is 10.2 Å². The summed E-state index contributed by atoms with van der Waals surface area (Å²) in [7, 11) is 2.28. The quantitative estimate of drug-likeness (QED) is 0.921. The fourth-order valence-corrected chi connectivity index (χ4v) is 4.55. The summed E-state index contributed by atoms with van der Waals surface area (Å²) in [4.78, 5) is 2.54. The molecule has 1 fully saturated rings. The molecule has 1 aliphatic heterocycles. The predicted octanol–water partition coefficient (Wildman–Crippen LogP) is 3.82. The van der Waals surface area contributed by atoms with Crippen molar-refractivity contribution in [2.24, 2.45) is 0 Å². The van der Waals surface area contributed by atoms with Crippen LogP contribution in [0.5, 0.6) is 0 Å². The summed E-state index contributed by atoms with van der Waals surface area (Å²) < 4.78 is 0. The third-order valence-corrected chi connectivity index (χ3v) is 5.93. The van der Waals surface area contributed by atoms with Gasteiger partial charge in [0.15, 0.2) is 0 Å². The van der Waals surface area contributed by atoms with Crippen LogP contribution in [0, 0.1) is 0 Å². The van der Waals surface area contributed by atoms with Crippen LogP contribution in [-0.2, 0) is 6.42 Å². The number of fused-ring (bicyclic) bond motifs is 1. The lowest BCUT2D eigenvalue weighted by molar-refractivity contribution is 0.177. The number of likely N-dealkylation sites (tertiary alicyclic amines) is 1. The van der Waals surface area contributed by atoms with E-state index in [1.54, 1.807) is 0 Å². The van der Waals surface area contributed by atoms with Crippen molar-refractivity contribution in [3.63, 3.8) is 0 Å². The van der Waals surface area contributed by atoms with Gasteiger partial charge in [0.1, 0.15) is 0 Å². The second-order valence-corrected chi connectivity index (χ2v) is 7.44. The Bertz CT molecular complexity index is 667. The summed E-state index contributed by atoms with van der Waals surface area (Å²) in [6.07, 6.45) is 5.21. The Balaban J connectivity index is 1.53. The monoisotopic (exact) mass is 320 g/mol. The van der Waals surface area contributed by atoms with Crippen LogP contribution in [0.15, 0.2) is 54.6 Å². The first-order valence-electron chi connectivity index (χ1n) is 9.39. The first kappa shape index (κ1) is 15.9. The van der Waals surface area contributed by atoms with Gasteiger partial charge in [0.25, 0.3) is 0 Å². The van der Waals surface area contributed by atoms with E-state index in [1.807, 2.05) is 0 Å². The van der Waals surface area contributed by atoms with Gasteiger partial charge in [-0.2, -0.15) is 0 Å². The number of hydrogen-bond acceptors (Lipinski definition) is 2. The first-order chi connectivity index (χ1) is 11.8. The standard InChI is InChI=1S/C22H28N2/c1-24-14-8-7-12-19(24)16-23-21-15-18-11-5-6-13-20(18)22(21)17-9-3-2-4-10-17/h2-6,9-11,13,19,21-23H,7-8,12,14-16H2,1H3. The van der Waals surface area contributed by atoms with Crippen molar-refractivity contribution in [2.45, 2.75) is 43.7 Å². The molecule has 126 valence electrons. The topological polar surface area (TPSA) is 15.3 Å². The third-order valence-electron chi connectivity index (χ3n) is 5.93. The van der Waals surface area contributed by atoms with Crippen molar-refractivity contribution in [1.29, 1.82) is 0 Å². The molecule has 3 atom stereocenters. The van der Waals surface area contributed by atoms with Crippen molar-refractivity contribution in [3.05, 3.63) is 71.3 Å². The van der Waals surface area contributed by atoms with Gasteiger partial charge in [-0.05, 0) is 49.5 Å². The van der Waals surface area contributed by atoms with Gasteiger partial charge >= 0.3 is 0 Å². The van der Waals surface area contributed by atoms with E-state index in [4.69, 9.17) is 0 Å². The predicted molar refractivity (Wildman–Crippen MR) is 100 cm³/mol. The normalized spacial score (nSPS) is 27.1. The Morgan fingerprint density at radius 2 is 1.79 bits per heavy atom. The molecule has 1 aliphatic carbocycles. The molecule has 1 saturated heterocycles. The van der Waals surface area contributed by atoms with E-state index in [-0.39, 0.29) is 0 Å². The molecule has 2 heteroatoms. The molecule has 0 bridgehead atoms. The molecule has 2 nitrogen and oxygen atoms in total. The molecule has 24 heavy (non-hydrogen) atoms. The SMILES string of the molecule is CN1CCCCC1CNC1Cc2ccccc2C1c1ccccc1.